The van der Waals surface area contributed by atoms with E-state index >= 15 is 0 Å². The van der Waals surface area contributed by atoms with Crippen molar-refractivity contribution in [3.63, 3.8) is 0 Å². The second-order valence-corrected chi connectivity index (χ2v) is 13.3. The van der Waals surface area contributed by atoms with Gasteiger partial charge in [-0.2, -0.15) is 0 Å². The summed E-state index contributed by atoms with van der Waals surface area (Å²) in [6.07, 6.45) is 38.0. The molecule has 0 heteroatoms. The molecule has 1 aromatic carbocycles. The van der Waals surface area contributed by atoms with Crippen LogP contribution in [-0.2, 0) is 6.42 Å². The van der Waals surface area contributed by atoms with E-state index in [1.54, 1.807) is 0 Å². The molecule has 0 amide bonds. The van der Waals surface area contributed by atoms with Crippen molar-refractivity contribution in [1.29, 1.82) is 0 Å². The van der Waals surface area contributed by atoms with Gasteiger partial charge in [-0.1, -0.05) is 152 Å². The number of aryl methyl sites for hydroxylation is 1. The number of allylic oxidation sites excluding steroid dienone is 4. The molecule has 3 aliphatic rings. The lowest BCUT2D eigenvalue weighted by atomic mass is 9.61. The fourth-order valence-electron chi connectivity index (χ4n) is 7.97. The molecule has 0 unspecified atom stereocenters. The highest BCUT2D eigenvalue weighted by Crippen LogP contribution is 2.49. The van der Waals surface area contributed by atoms with Gasteiger partial charge in [-0.15, -0.1) is 0 Å². The van der Waals surface area contributed by atoms with Crippen LogP contribution in [0.25, 0.3) is 0 Å². The molecule has 0 aromatic heterocycles. The van der Waals surface area contributed by atoms with Gasteiger partial charge in [0.2, 0.25) is 0 Å². The molecule has 0 nitrogen and oxygen atoms in total. The van der Waals surface area contributed by atoms with E-state index in [4.69, 9.17) is 0 Å². The van der Waals surface area contributed by atoms with Crippen molar-refractivity contribution in [1.82, 2.24) is 0 Å². The minimum Gasteiger partial charge on any atom is -0.0807 e. The van der Waals surface area contributed by atoms with E-state index in [1.165, 1.54) is 128 Å². The first-order valence-corrected chi connectivity index (χ1v) is 16.6. The van der Waals surface area contributed by atoms with E-state index in [1.807, 2.05) is 0 Å². The molecule has 0 spiro atoms. The zero-order valence-corrected chi connectivity index (χ0v) is 24.5. The van der Waals surface area contributed by atoms with Crippen molar-refractivity contribution in [2.75, 3.05) is 0 Å². The zero-order chi connectivity index (χ0) is 25.8. The lowest BCUT2D eigenvalue weighted by molar-refractivity contribution is 0.148. The molecule has 206 valence electrons. The van der Waals surface area contributed by atoms with Crippen LogP contribution >= 0.6 is 0 Å². The number of hydrogen-bond acceptors (Lipinski definition) is 0. The third-order valence-corrected chi connectivity index (χ3v) is 10.7. The predicted molar refractivity (Wildman–Crippen MR) is 163 cm³/mol. The first-order chi connectivity index (χ1) is 18.2. The maximum atomic E-state index is 2.73. The summed E-state index contributed by atoms with van der Waals surface area (Å²) in [6.45, 7) is 4.69. The second kappa shape index (κ2) is 15.3. The molecule has 0 saturated heterocycles. The maximum absolute atomic E-state index is 2.73. The summed E-state index contributed by atoms with van der Waals surface area (Å²) in [5.74, 6) is 4.52. The Bertz CT molecular complexity index is 771. The van der Waals surface area contributed by atoms with Crippen LogP contribution in [0.3, 0.4) is 0 Å². The Kier molecular flexibility index (Phi) is 11.9. The monoisotopic (exact) mass is 502 g/mol. The second-order valence-electron chi connectivity index (χ2n) is 13.3. The van der Waals surface area contributed by atoms with Gasteiger partial charge in [-0.25, -0.2) is 0 Å². The van der Waals surface area contributed by atoms with E-state index in [0.717, 1.165) is 23.7 Å². The molecular formula is C37H58. The Morgan fingerprint density at radius 1 is 0.622 bits per heavy atom. The lowest BCUT2D eigenvalue weighted by Crippen LogP contribution is -2.33. The SMILES string of the molecule is CCCCC[C@H]1CC[C@H](C2(CC[C@H]3CC[C@H](CCCC)CC3)C=CC(CCc3ccccc3)C=C2)CC1. The fraction of sp³-hybridized carbons (Fsp3) is 0.730. The van der Waals surface area contributed by atoms with Crippen LogP contribution in [0.5, 0.6) is 0 Å². The summed E-state index contributed by atoms with van der Waals surface area (Å²) in [5, 5.41) is 0. The largest absolute Gasteiger partial charge is 0.0807 e. The Hall–Kier alpha value is -1.30. The van der Waals surface area contributed by atoms with Crippen LogP contribution in [0.2, 0.25) is 0 Å². The standard InChI is InChI=1S/C37H58/c1-3-5-8-12-33-21-23-36(24-22-33)37(28-25-34-18-16-32(17-19-34)11-6-4-2)29-26-35(27-30-37)20-15-31-13-9-7-10-14-31/h7,9-10,13-14,26-27,29-30,32-36H,3-6,8,11-12,15-25,28H2,1-2H3/t32-,33-,34-,35?,36-,37?. The molecule has 0 bridgehead atoms. The average Bonchev–Trinajstić information content (AvgIpc) is 2.96. The summed E-state index contributed by atoms with van der Waals surface area (Å²) in [7, 11) is 0. The van der Waals surface area contributed by atoms with Gasteiger partial charge in [0.05, 0.1) is 0 Å². The molecule has 2 saturated carbocycles. The van der Waals surface area contributed by atoms with Crippen LogP contribution in [0, 0.1) is 35.0 Å². The van der Waals surface area contributed by atoms with Gasteiger partial charge in [0.15, 0.2) is 0 Å². The maximum Gasteiger partial charge on any atom is 0.00897 e. The van der Waals surface area contributed by atoms with E-state index in [-0.39, 0.29) is 0 Å². The highest BCUT2D eigenvalue weighted by atomic mass is 14.4. The number of hydrogen-bond donors (Lipinski definition) is 0. The molecule has 0 heterocycles. The number of unbranched alkanes of at least 4 members (excludes halogenated alkanes) is 3. The molecule has 0 radical (unpaired) electrons. The van der Waals surface area contributed by atoms with E-state index in [0.29, 0.717) is 11.3 Å². The van der Waals surface area contributed by atoms with Crippen molar-refractivity contribution in [3.05, 3.63) is 60.2 Å². The number of rotatable bonds is 14. The van der Waals surface area contributed by atoms with Gasteiger partial charge >= 0.3 is 0 Å². The first-order valence-electron chi connectivity index (χ1n) is 16.6. The topological polar surface area (TPSA) is 0 Å². The summed E-state index contributed by atoms with van der Waals surface area (Å²) in [5.41, 5.74) is 1.83. The molecule has 2 fully saturated rings. The van der Waals surface area contributed by atoms with Crippen molar-refractivity contribution in [3.8, 4) is 0 Å². The minimum absolute atomic E-state index is 0.344. The summed E-state index contributed by atoms with van der Waals surface area (Å²) < 4.78 is 0. The van der Waals surface area contributed by atoms with Crippen molar-refractivity contribution in [2.45, 2.75) is 136 Å². The minimum atomic E-state index is 0.344. The third-order valence-electron chi connectivity index (χ3n) is 10.7. The van der Waals surface area contributed by atoms with Gasteiger partial charge < -0.3 is 0 Å². The lowest BCUT2D eigenvalue weighted by Gasteiger charge is -2.43. The normalized spacial score (nSPS) is 32.0. The van der Waals surface area contributed by atoms with Crippen LogP contribution in [-0.4, -0.2) is 0 Å². The van der Waals surface area contributed by atoms with E-state index in [2.05, 4.69) is 68.5 Å². The first kappa shape index (κ1) is 28.7. The third kappa shape index (κ3) is 8.86. The van der Waals surface area contributed by atoms with Gasteiger partial charge in [0.25, 0.3) is 0 Å². The Morgan fingerprint density at radius 3 is 1.81 bits per heavy atom. The van der Waals surface area contributed by atoms with Crippen molar-refractivity contribution in [2.24, 2.45) is 35.0 Å². The van der Waals surface area contributed by atoms with Gasteiger partial charge in [-0.3, -0.25) is 0 Å². The highest BCUT2D eigenvalue weighted by Gasteiger charge is 2.38. The molecule has 37 heavy (non-hydrogen) atoms. The molecule has 0 atom stereocenters. The fourth-order valence-corrected chi connectivity index (χ4v) is 7.97. The summed E-state index contributed by atoms with van der Waals surface area (Å²) >= 11 is 0. The van der Waals surface area contributed by atoms with Crippen LogP contribution in [0.15, 0.2) is 54.6 Å². The van der Waals surface area contributed by atoms with Crippen LogP contribution < -0.4 is 0 Å². The molecule has 0 aliphatic heterocycles. The molecular weight excluding hydrogens is 444 g/mol. The average molecular weight is 503 g/mol. The van der Waals surface area contributed by atoms with Crippen molar-refractivity contribution >= 4 is 0 Å². The molecule has 3 aliphatic carbocycles. The van der Waals surface area contributed by atoms with Crippen LogP contribution in [0.1, 0.15) is 135 Å². The number of benzene rings is 1. The summed E-state index contributed by atoms with van der Waals surface area (Å²) in [4.78, 5) is 0. The highest BCUT2D eigenvalue weighted by molar-refractivity contribution is 5.23. The Morgan fingerprint density at radius 2 is 1.19 bits per heavy atom. The van der Waals surface area contributed by atoms with Gasteiger partial charge in [0.1, 0.15) is 0 Å². The Balaban J connectivity index is 1.33. The Labute approximate surface area is 230 Å². The van der Waals surface area contributed by atoms with Crippen LogP contribution in [0.4, 0.5) is 0 Å². The molecule has 4 rings (SSSR count). The van der Waals surface area contributed by atoms with Gasteiger partial charge in [-0.05, 0) is 73.7 Å². The molecule has 1 aromatic rings. The molecule has 0 N–H and O–H groups in total. The van der Waals surface area contributed by atoms with E-state index in [9.17, 15) is 0 Å². The van der Waals surface area contributed by atoms with Gasteiger partial charge in [0, 0.05) is 5.41 Å². The smallest absolute Gasteiger partial charge is 0.00897 e. The van der Waals surface area contributed by atoms with E-state index < -0.39 is 0 Å². The quantitative estimate of drug-likeness (QED) is 0.175. The van der Waals surface area contributed by atoms with Crippen molar-refractivity contribution < 1.29 is 0 Å². The predicted octanol–water partition coefficient (Wildman–Crippen LogP) is 11.5. The summed E-state index contributed by atoms with van der Waals surface area (Å²) in [6, 6.07) is 11.1. The zero-order valence-electron chi connectivity index (χ0n) is 24.5.